The largest absolute Gasteiger partial charge is 0.495 e. The highest BCUT2D eigenvalue weighted by atomic mass is 16.7. The summed E-state index contributed by atoms with van der Waals surface area (Å²) in [6.07, 6.45) is -0.133. The number of hydrogen-bond acceptors (Lipinski definition) is 6. The van der Waals surface area contributed by atoms with Crippen LogP contribution in [0.1, 0.15) is 65.2 Å². The van der Waals surface area contributed by atoms with Crippen LogP contribution in [0.4, 0.5) is 0 Å². The molecule has 0 radical (unpaired) electrons. The Hall–Kier alpha value is -1.90. The molecule has 1 aromatic rings. The van der Waals surface area contributed by atoms with Crippen molar-refractivity contribution in [3.8, 4) is 0 Å². The van der Waals surface area contributed by atoms with Crippen LogP contribution in [0.15, 0.2) is 12.1 Å². The Balaban J connectivity index is 2.25. The molecule has 8 heteroatoms. The second-order valence-corrected chi connectivity index (χ2v) is 9.71. The SMILES string of the molecule is Cc1c(COCC(=O)OC(C)(C)C)cc(CC(=O)O)cc1B1OC(C)(C)C(C)(C)O1. The van der Waals surface area contributed by atoms with E-state index in [1.165, 1.54) is 0 Å². The fraction of sp³-hybridized carbons (Fsp3) is 0.636. The molecule has 1 aliphatic rings. The first-order chi connectivity index (χ1) is 13.6. The molecular formula is C22H33BO7. The second kappa shape index (κ2) is 8.69. The van der Waals surface area contributed by atoms with E-state index in [9.17, 15) is 14.7 Å². The van der Waals surface area contributed by atoms with Crippen LogP contribution >= 0.6 is 0 Å². The van der Waals surface area contributed by atoms with Crippen molar-refractivity contribution in [3.05, 3.63) is 28.8 Å². The zero-order valence-electron chi connectivity index (χ0n) is 19.3. The number of carboxylic acids is 1. The lowest BCUT2D eigenvalue weighted by Gasteiger charge is -2.32. The van der Waals surface area contributed by atoms with Crippen LogP contribution in [-0.2, 0) is 41.4 Å². The molecule has 0 amide bonds. The number of benzene rings is 1. The molecule has 0 unspecified atom stereocenters. The van der Waals surface area contributed by atoms with Gasteiger partial charge < -0.3 is 23.9 Å². The minimum absolute atomic E-state index is 0.133. The Morgan fingerprint density at radius 2 is 1.67 bits per heavy atom. The number of carboxylic acid groups (broad SMARTS) is 1. The van der Waals surface area contributed by atoms with E-state index in [0.717, 1.165) is 16.6 Å². The van der Waals surface area contributed by atoms with Crippen LogP contribution in [0.3, 0.4) is 0 Å². The molecule has 0 spiro atoms. The molecule has 30 heavy (non-hydrogen) atoms. The van der Waals surface area contributed by atoms with E-state index < -0.39 is 35.9 Å². The lowest BCUT2D eigenvalue weighted by molar-refractivity contribution is -0.160. The predicted octanol–water partition coefficient (Wildman–Crippen LogP) is 2.78. The zero-order valence-corrected chi connectivity index (χ0v) is 19.3. The lowest BCUT2D eigenvalue weighted by Crippen LogP contribution is -2.41. The van der Waals surface area contributed by atoms with Crippen molar-refractivity contribution < 1.29 is 33.5 Å². The summed E-state index contributed by atoms with van der Waals surface area (Å²) in [5, 5.41) is 9.25. The maximum absolute atomic E-state index is 11.9. The zero-order chi connectivity index (χ0) is 22.9. The molecule has 1 saturated heterocycles. The summed E-state index contributed by atoms with van der Waals surface area (Å²) >= 11 is 0. The van der Waals surface area contributed by atoms with Crippen molar-refractivity contribution in [2.24, 2.45) is 0 Å². The van der Waals surface area contributed by atoms with Gasteiger partial charge in [-0.1, -0.05) is 12.1 Å². The molecule has 0 aliphatic carbocycles. The first kappa shape index (κ1) is 24.4. The van der Waals surface area contributed by atoms with Crippen LogP contribution in [0.5, 0.6) is 0 Å². The predicted molar refractivity (Wildman–Crippen MR) is 114 cm³/mol. The Labute approximate surface area is 179 Å². The normalized spacial score (nSPS) is 17.8. The van der Waals surface area contributed by atoms with Crippen LogP contribution < -0.4 is 5.46 Å². The molecule has 1 aliphatic heterocycles. The summed E-state index contributed by atoms with van der Waals surface area (Å²) in [7, 11) is -0.617. The summed E-state index contributed by atoms with van der Waals surface area (Å²) < 4.78 is 23.1. The standard InChI is InChI=1S/C22H33BO7/c1-14-16(12-27-13-19(26)28-20(2,3)4)9-15(11-18(24)25)10-17(14)23-29-21(5,6)22(7,8)30-23/h9-10H,11-13H2,1-8H3,(H,24,25). The van der Waals surface area contributed by atoms with E-state index in [1.807, 2.05) is 40.7 Å². The Morgan fingerprint density at radius 1 is 1.10 bits per heavy atom. The Bertz CT molecular complexity index is 792. The van der Waals surface area contributed by atoms with Crippen LogP contribution in [-0.4, -0.2) is 47.6 Å². The molecule has 0 saturated carbocycles. The first-order valence-electron chi connectivity index (χ1n) is 10.1. The summed E-state index contributed by atoms with van der Waals surface area (Å²) in [5.41, 5.74) is 1.44. The molecule has 0 bridgehead atoms. The first-order valence-corrected chi connectivity index (χ1v) is 10.1. The molecule has 0 atom stereocenters. The van der Waals surface area contributed by atoms with Crippen molar-refractivity contribution in [1.82, 2.24) is 0 Å². The molecule has 7 nitrogen and oxygen atoms in total. The average Bonchev–Trinajstić information content (AvgIpc) is 2.75. The van der Waals surface area contributed by atoms with E-state index in [0.29, 0.717) is 5.56 Å². The molecule has 1 heterocycles. The lowest BCUT2D eigenvalue weighted by atomic mass is 9.74. The van der Waals surface area contributed by atoms with E-state index in [4.69, 9.17) is 18.8 Å². The van der Waals surface area contributed by atoms with Gasteiger partial charge in [0.25, 0.3) is 0 Å². The van der Waals surface area contributed by atoms with Gasteiger partial charge in [-0.3, -0.25) is 4.79 Å². The quantitative estimate of drug-likeness (QED) is 0.536. The highest BCUT2D eigenvalue weighted by molar-refractivity contribution is 6.62. The van der Waals surface area contributed by atoms with Gasteiger partial charge in [0.2, 0.25) is 0 Å². The maximum atomic E-state index is 11.9. The number of ether oxygens (including phenoxy) is 2. The molecule has 2 rings (SSSR count). The third-order valence-corrected chi connectivity index (χ3v) is 5.38. The molecule has 1 N–H and O–H groups in total. The van der Waals surface area contributed by atoms with E-state index in [2.05, 4.69) is 0 Å². The summed E-state index contributed by atoms with van der Waals surface area (Å²) in [6.45, 7) is 15.1. The topological polar surface area (TPSA) is 91.3 Å². The highest BCUT2D eigenvalue weighted by Crippen LogP contribution is 2.37. The number of rotatable bonds is 7. The number of hydrogen-bond donors (Lipinski definition) is 1. The smallest absolute Gasteiger partial charge is 0.481 e. The van der Waals surface area contributed by atoms with Crippen molar-refractivity contribution in [2.45, 2.75) is 85.2 Å². The number of esters is 1. The third kappa shape index (κ3) is 6.06. The molecule has 1 aromatic carbocycles. The molecule has 1 fully saturated rings. The van der Waals surface area contributed by atoms with Gasteiger partial charge in [0, 0.05) is 0 Å². The highest BCUT2D eigenvalue weighted by Gasteiger charge is 2.52. The minimum Gasteiger partial charge on any atom is -0.481 e. The Kier molecular flexibility index (Phi) is 7.06. The maximum Gasteiger partial charge on any atom is 0.495 e. The van der Waals surface area contributed by atoms with E-state index >= 15 is 0 Å². The van der Waals surface area contributed by atoms with E-state index in [-0.39, 0.29) is 19.6 Å². The van der Waals surface area contributed by atoms with Gasteiger partial charge in [0.15, 0.2) is 0 Å². The second-order valence-electron chi connectivity index (χ2n) is 9.71. The summed E-state index contributed by atoms with van der Waals surface area (Å²) in [4.78, 5) is 23.2. The van der Waals surface area contributed by atoms with Gasteiger partial charge in [0.1, 0.15) is 12.2 Å². The van der Waals surface area contributed by atoms with Crippen LogP contribution in [0.25, 0.3) is 0 Å². The minimum atomic E-state index is -0.931. The van der Waals surface area contributed by atoms with Crippen molar-refractivity contribution in [1.29, 1.82) is 0 Å². The number of carbonyl (C=O) groups excluding carboxylic acids is 1. The molecular weight excluding hydrogens is 387 g/mol. The van der Waals surface area contributed by atoms with Gasteiger partial charge in [-0.15, -0.1) is 0 Å². The fourth-order valence-corrected chi connectivity index (χ4v) is 3.12. The van der Waals surface area contributed by atoms with Crippen LogP contribution in [0.2, 0.25) is 0 Å². The Morgan fingerprint density at radius 3 is 2.17 bits per heavy atom. The average molecular weight is 420 g/mol. The number of carbonyl (C=O) groups is 2. The van der Waals surface area contributed by atoms with Crippen molar-refractivity contribution in [2.75, 3.05) is 6.61 Å². The van der Waals surface area contributed by atoms with Gasteiger partial charge in [0.05, 0.1) is 24.2 Å². The van der Waals surface area contributed by atoms with Gasteiger partial charge in [-0.05, 0) is 77.5 Å². The van der Waals surface area contributed by atoms with Crippen LogP contribution in [0, 0.1) is 6.92 Å². The van der Waals surface area contributed by atoms with Crippen molar-refractivity contribution in [3.63, 3.8) is 0 Å². The van der Waals surface area contributed by atoms with Gasteiger partial charge in [-0.2, -0.15) is 0 Å². The number of aliphatic carboxylic acids is 1. The summed E-state index contributed by atoms with van der Waals surface area (Å²) in [5.74, 6) is -1.38. The van der Waals surface area contributed by atoms with E-state index in [1.54, 1.807) is 26.8 Å². The molecule has 166 valence electrons. The fourth-order valence-electron chi connectivity index (χ4n) is 3.12. The monoisotopic (exact) mass is 420 g/mol. The van der Waals surface area contributed by atoms with Gasteiger partial charge >= 0.3 is 19.1 Å². The van der Waals surface area contributed by atoms with Crippen molar-refractivity contribution >= 4 is 24.5 Å². The van der Waals surface area contributed by atoms with Gasteiger partial charge in [-0.25, -0.2) is 4.79 Å². The molecule has 0 aromatic heterocycles. The summed E-state index contributed by atoms with van der Waals surface area (Å²) in [6, 6.07) is 3.59. The third-order valence-electron chi connectivity index (χ3n) is 5.38.